The summed E-state index contributed by atoms with van der Waals surface area (Å²) in [4.78, 5) is 32.0. The van der Waals surface area contributed by atoms with Crippen molar-refractivity contribution in [3.05, 3.63) is 44.2 Å². The Morgan fingerprint density at radius 1 is 1.42 bits per heavy atom. The minimum Gasteiger partial charge on any atom is -0.496 e. The number of aromatic amines is 1. The molecule has 126 valence electrons. The first kappa shape index (κ1) is 17.0. The van der Waals surface area contributed by atoms with Gasteiger partial charge in [0.25, 0.3) is 5.56 Å². The molecule has 0 spiro atoms. The smallest absolute Gasteiger partial charge is 0.257 e. The first-order chi connectivity index (χ1) is 11.5. The van der Waals surface area contributed by atoms with Gasteiger partial charge in [0.15, 0.2) is 5.16 Å². The highest BCUT2D eigenvalue weighted by molar-refractivity contribution is 9.10. The lowest BCUT2D eigenvalue weighted by Gasteiger charge is -2.25. The van der Waals surface area contributed by atoms with Crippen molar-refractivity contribution in [1.29, 1.82) is 0 Å². The van der Waals surface area contributed by atoms with E-state index >= 15 is 0 Å². The topological polar surface area (TPSA) is 84.1 Å². The average molecular weight is 410 g/mol. The van der Waals surface area contributed by atoms with E-state index in [1.807, 2.05) is 25.1 Å². The van der Waals surface area contributed by atoms with Crippen LogP contribution >= 0.6 is 27.7 Å². The van der Waals surface area contributed by atoms with Gasteiger partial charge in [0, 0.05) is 22.4 Å². The minimum atomic E-state index is -0.405. The number of hydrogen-bond donors (Lipinski definition) is 2. The van der Waals surface area contributed by atoms with Gasteiger partial charge in [-0.25, -0.2) is 4.98 Å². The van der Waals surface area contributed by atoms with Crippen LogP contribution in [-0.4, -0.2) is 28.7 Å². The molecule has 2 aromatic rings. The molecule has 0 bridgehead atoms. The second-order valence-corrected chi connectivity index (χ2v) is 7.43. The second-order valence-electron chi connectivity index (χ2n) is 5.26. The maximum atomic E-state index is 12.6. The number of carbonyl (C=O) groups is 1. The molecular weight excluding hydrogens is 394 g/mol. The zero-order valence-corrected chi connectivity index (χ0v) is 15.6. The molecule has 1 aromatic heterocycles. The standard InChI is InChI=1S/C16H16BrN3O3S/c1-3-24-16-19-14-13(15(22)20-16)10(7-12(21)18-14)9-6-8(17)4-5-11(9)23-2/h4-6,10H,3,7H2,1-2H3,(H2,18,19,20,21,22)/t10-/m0/s1. The Bertz CT molecular complexity index is 853. The summed E-state index contributed by atoms with van der Waals surface area (Å²) >= 11 is 4.86. The fraction of sp³-hybridized carbons (Fsp3) is 0.312. The highest BCUT2D eigenvalue weighted by atomic mass is 79.9. The zero-order chi connectivity index (χ0) is 17.3. The molecule has 1 aliphatic rings. The molecule has 0 fully saturated rings. The molecule has 0 saturated heterocycles. The van der Waals surface area contributed by atoms with Gasteiger partial charge in [-0.05, 0) is 24.0 Å². The van der Waals surface area contributed by atoms with Crippen LogP contribution in [0.15, 0.2) is 32.6 Å². The minimum absolute atomic E-state index is 0.167. The maximum absolute atomic E-state index is 12.6. The highest BCUT2D eigenvalue weighted by Crippen LogP contribution is 2.39. The predicted molar refractivity (Wildman–Crippen MR) is 97.0 cm³/mol. The van der Waals surface area contributed by atoms with Crippen molar-refractivity contribution in [1.82, 2.24) is 9.97 Å². The summed E-state index contributed by atoms with van der Waals surface area (Å²) in [6.45, 7) is 1.97. The van der Waals surface area contributed by atoms with Gasteiger partial charge in [-0.3, -0.25) is 9.59 Å². The van der Waals surface area contributed by atoms with Crippen molar-refractivity contribution < 1.29 is 9.53 Å². The van der Waals surface area contributed by atoms with E-state index < -0.39 is 5.92 Å². The number of nitrogens with one attached hydrogen (secondary N) is 2. The van der Waals surface area contributed by atoms with Crippen LogP contribution in [0.1, 0.15) is 30.4 Å². The quantitative estimate of drug-likeness (QED) is 0.598. The SMILES string of the molecule is CCSc1nc2c(c(=O)[nH]1)[C@H](c1cc(Br)ccc1OC)CC(=O)N2. The summed E-state index contributed by atoms with van der Waals surface area (Å²) in [5.74, 6) is 1.17. The van der Waals surface area contributed by atoms with Crippen molar-refractivity contribution in [2.24, 2.45) is 0 Å². The first-order valence-corrected chi connectivity index (χ1v) is 9.21. The van der Waals surface area contributed by atoms with Crippen molar-refractivity contribution in [3.63, 3.8) is 0 Å². The van der Waals surface area contributed by atoms with Crippen LogP contribution in [0.2, 0.25) is 0 Å². The summed E-state index contributed by atoms with van der Waals surface area (Å²) in [6, 6.07) is 5.55. The molecule has 2 N–H and O–H groups in total. The van der Waals surface area contributed by atoms with Crippen LogP contribution in [0.3, 0.4) is 0 Å². The molecule has 1 aliphatic heterocycles. The van der Waals surface area contributed by atoms with Crippen molar-refractivity contribution in [2.45, 2.75) is 24.4 Å². The number of H-pyrrole nitrogens is 1. The van der Waals surface area contributed by atoms with Gasteiger partial charge < -0.3 is 15.0 Å². The zero-order valence-electron chi connectivity index (χ0n) is 13.2. The molecule has 8 heteroatoms. The number of halogens is 1. The number of fused-ring (bicyclic) bond motifs is 1. The number of ether oxygens (including phenoxy) is 1. The number of carbonyl (C=O) groups excluding carboxylic acids is 1. The van der Waals surface area contributed by atoms with E-state index in [1.165, 1.54) is 11.8 Å². The fourth-order valence-corrected chi connectivity index (χ4v) is 3.77. The third-order valence-electron chi connectivity index (χ3n) is 3.78. The van der Waals surface area contributed by atoms with Crippen molar-refractivity contribution in [3.8, 4) is 5.75 Å². The number of hydrogen-bond acceptors (Lipinski definition) is 5. The Kier molecular flexibility index (Phi) is 4.96. The number of anilines is 1. The third kappa shape index (κ3) is 3.21. The van der Waals surface area contributed by atoms with Gasteiger partial charge in [-0.2, -0.15) is 0 Å². The molecule has 0 unspecified atom stereocenters. The van der Waals surface area contributed by atoms with E-state index in [-0.39, 0.29) is 17.9 Å². The van der Waals surface area contributed by atoms with Gasteiger partial charge in [0.05, 0.1) is 12.7 Å². The summed E-state index contributed by atoms with van der Waals surface area (Å²) < 4.78 is 6.27. The molecule has 0 radical (unpaired) electrons. The predicted octanol–water partition coefficient (Wildman–Crippen LogP) is 3.13. The number of rotatable bonds is 4. The van der Waals surface area contributed by atoms with E-state index in [4.69, 9.17) is 4.74 Å². The van der Waals surface area contributed by atoms with Gasteiger partial charge in [-0.15, -0.1) is 0 Å². The number of nitrogens with zero attached hydrogens (tertiary/aromatic N) is 1. The van der Waals surface area contributed by atoms with E-state index in [0.29, 0.717) is 22.3 Å². The van der Waals surface area contributed by atoms with Crippen LogP contribution in [-0.2, 0) is 4.79 Å². The summed E-state index contributed by atoms with van der Waals surface area (Å²) in [7, 11) is 1.57. The van der Waals surface area contributed by atoms with E-state index in [2.05, 4.69) is 31.2 Å². The molecular formula is C16H16BrN3O3S. The van der Waals surface area contributed by atoms with Gasteiger partial charge in [0.1, 0.15) is 11.6 Å². The first-order valence-electron chi connectivity index (χ1n) is 7.43. The van der Waals surface area contributed by atoms with E-state index in [1.54, 1.807) is 7.11 Å². The molecule has 0 saturated carbocycles. The van der Waals surface area contributed by atoms with Crippen LogP contribution in [0.25, 0.3) is 0 Å². The van der Waals surface area contributed by atoms with Crippen LogP contribution in [0, 0.1) is 0 Å². The molecule has 6 nitrogen and oxygen atoms in total. The number of thioether (sulfide) groups is 1. The lowest BCUT2D eigenvalue weighted by atomic mass is 9.86. The Morgan fingerprint density at radius 3 is 2.92 bits per heavy atom. The summed E-state index contributed by atoms with van der Waals surface area (Å²) in [5.41, 5.74) is 1.01. The monoisotopic (exact) mass is 409 g/mol. The molecule has 1 atom stereocenters. The number of methoxy groups -OCH3 is 1. The largest absolute Gasteiger partial charge is 0.496 e. The van der Waals surface area contributed by atoms with Gasteiger partial charge in [-0.1, -0.05) is 34.6 Å². The van der Waals surface area contributed by atoms with Gasteiger partial charge >= 0.3 is 0 Å². The van der Waals surface area contributed by atoms with E-state index in [0.717, 1.165) is 15.8 Å². The molecule has 24 heavy (non-hydrogen) atoms. The maximum Gasteiger partial charge on any atom is 0.257 e. The van der Waals surface area contributed by atoms with Crippen LogP contribution < -0.4 is 15.6 Å². The highest BCUT2D eigenvalue weighted by Gasteiger charge is 2.32. The Labute approximate surface area is 151 Å². The Morgan fingerprint density at radius 2 is 2.21 bits per heavy atom. The molecule has 1 amide bonds. The Hall–Kier alpha value is -1.80. The molecule has 0 aliphatic carbocycles. The summed E-state index contributed by atoms with van der Waals surface area (Å²) in [5, 5.41) is 3.22. The molecule has 3 rings (SSSR count). The second kappa shape index (κ2) is 6.98. The lowest BCUT2D eigenvalue weighted by molar-refractivity contribution is -0.116. The van der Waals surface area contributed by atoms with Gasteiger partial charge in [0.2, 0.25) is 5.91 Å². The van der Waals surface area contributed by atoms with Crippen LogP contribution in [0.4, 0.5) is 5.82 Å². The third-order valence-corrected chi connectivity index (χ3v) is 5.03. The molecule has 2 heterocycles. The van der Waals surface area contributed by atoms with Crippen molar-refractivity contribution in [2.75, 3.05) is 18.2 Å². The summed E-state index contributed by atoms with van der Waals surface area (Å²) in [6.07, 6.45) is 0.171. The van der Waals surface area contributed by atoms with Crippen molar-refractivity contribution >= 4 is 39.4 Å². The normalized spacial score (nSPS) is 16.5. The number of benzene rings is 1. The van der Waals surface area contributed by atoms with Crippen LogP contribution in [0.5, 0.6) is 5.75 Å². The lowest BCUT2D eigenvalue weighted by Crippen LogP contribution is -2.31. The Balaban J connectivity index is 2.18. The fourth-order valence-electron chi connectivity index (χ4n) is 2.80. The van der Waals surface area contributed by atoms with E-state index in [9.17, 15) is 9.59 Å². The average Bonchev–Trinajstić information content (AvgIpc) is 2.54. The number of amides is 1. The number of aromatic nitrogens is 2. The molecule has 1 aromatic carbocycles.